The number of nitro benzene ring substituents is 1. The van der Waals surface area contributed by atoms with Crippen LogP contribution in [0.15, 0.2) is 70.4 Å². The number of aliphatic hydroxyl groups is 1. The fourth-order valence-corrected chi connectivity index (χ4v) is 9.64. The summed E-state index contributed by atoms with van der Waals surface area (Å²) in [6, 6.07) is 9.18. The zero-order valence-corrected chi connectivity index (χ0v) is 24.0. The first-order valence-corrected chi connectivity index (χ1v) is 15.4. The Hall–Kier alpha value is -4.20. The number of methoxy groups -OCH3 is 1. The predicted octanol–water partition coefficient (Wildman–Crippen LogP) is 2.94. The van der Waals surface area contributed by atoms with Crippen molar-refractivity contribution < 1.29 is 37.1 Å². The number of furan rings is 1. The van der Waals surface area contributed by atoms with E-state index < -0.39 is 54.7 Å². The molecule has 12 nitrogen and oxygen atoms in total. The number of amides is 1. The summed E-state index contributed by atoms with van der Waals surface area (Å²) in [4.78, 5) is 23.7. The van der Waals surface area contributed by atoms with Gasteiger partial charge in [-0.15, -0.1) is 0 Å². The molecule has 0 radical (unpaired) electrons. The van der Waals surface area contributed by atoms with Crippen LogP contribution in [0.2, 0.25) is 0 Å². The normalized spacial score (nSPS) is 29.1. The van der Waals surface area contributed by atoms with Gasteiger partial charge in [0.05, 0.1) is 47.7 Å². The van der Waals surface area contributed by atoms with E-state index >= 15 is 0 Å². The molecule has 2 fully saturated rings. The molecule has 3 heterocycles. The third kappa shape index (κ3) is 3.81. The maximum absolute atomic E-state index is 14.1. The van der Waals surface area contributed by atoms with Crippen LogP contribution in [0, 0.1) is 10.1 Å². The SMILES string of the molecule is COc1ccc2c3c1O[C@@H]1[C@@H](NC(=O)/C=C/c4ccoc4)CC[C@]4(O)[C@H](C2)N(S(=O)(=O)c2ccccc2[N+](=O)[O-])CC[C@@]314. The summed E-state index contributed by atoms with van der Waals surface area (Å²) in [6.45, 7) is -0.00162. The lowest BCUT2D eigenvalue weighted by molar-refractivity contribution is -0.387. The molecule has 5 atom stereocenters. The monoisotopic (exact) mass is 607 g/mol. The highest BCUT2D eigenvalue weighted by Gasteiger charge is 2.74. The molecule has 2 aliphatic heterocycles. The van der Waals surface area contributed by atoms with Gasteiger partial charge >= 0.3 is 0 Å². The van der Waals surface area contributed by atoms with Gasteiger partial charge in [-0.05, 0) is 55.5 Å². The number of hydrogen-bond acceptors (Lipinski definition) is 9. The largest absolute Gasteiger partial charge is 0.493 e. The number of piperidine rings is 1. The van der Waals surface area contributed by atoms with Crippen LogP contribution in [0.4, 0.5) is 5.69 Å². The molecule has 4 aliphatic rings. The molecule has 2 bridgehead atoms. The summed E-state index contributed by atoms with van der Waals surface area (Å²) < 4.78 is 46.7. The van der Waals surface area contributed by atoms with E-state index in [1.165, 1.54) is 48.2 Å². The Labute approximate surface area is 247 Å². The second-order valence-corrected chi connectivity index (χ2v) is 13.3. The average Bonchev–Trinajstić information content (AvgIpc) is 3.63. The number of nitro groups is 1. The second-order valence-electron chi connectivity index (χ2n) is 11.4. The molecular formula is C30H29N3O9S. The van der Waals surface area contributed by atoms with Crippen LogP contribution >= 0.6 is 0 Å². The molecule has 2 aromatic carbocycles. The summed E-state index contributed by atoms with van der Waals surface area (Å²) in [5, 5.41) is 27.5. The van der Waals surface area contributed by atoms with Crippen LogP contribution in [-0.4, -0.2) is 66.1 Å². The van der Waals surface area contributed by atoms with Gasteiger partial charge in [0.25, 0.3) is 5.69 Å². The summed E-state index contributed by atoms with van der Waals surface area (Å²) in [5.41, 5.74) is -0.823. The standard InChI is InChI=1S/C30H29N3O9S/c1-40-22-8-7-19-16-24-30(35)12-10-20(31-25(34)9-6-18-11-15-41-17-18)28-29(30,26(19)27(22)42-28)13-14-32(24)43(38,39)23-5-3-2-4-21(23)33(36)37/h2-9,11,15,17,20,24,28,35H,10,12-14,16H2,1H3,(H,31,34)/b9-6+/t20-,24-,28+,29+,30-/m0/s1. The number of sulfonamides is 1. The third-order valence-electron chi connectivity index (χ3n) is 9.56. The van der Waals surface area contributed by atoms with Crippen molar-refractivity contribution in [3.8, 4) is 11.5 Å². The molecule has 7 rings (SSSR count). The van der Waals surface area contributed by atoms with Gasteiger partial charge in [-0.1, -0.05) is 18.2 Å². The maximum Gasteiger partial charge on any atom is 0.289 e. The summed E-state index contributed by atoms with van der Waals surface area (Å²) in [5.74, 6) is 0.638. The second kappa shape index (κ2) is 9.66. The Balaban J connectivity index is 1.31. The lowest BCUT2D eigenvalue weighted by Gasteiger charge is -2.63. The molecule has 1 aromatic heterocycles. The van der Waals surface area contributed by atoms with Crippen LogP contribution in [0.5, 0.6) is 11.5 Å². The van der Waals surface area contributed by atoms with Gasteiger partial charge in [0.2, 0.25) is 15.9 Å². The minimum Gasteiger partial charge on any atom is -0.493 e. The van der Waals surface area contributed by atoms with Crippen LogP contribution in [-0.2, 0) is 26.7 Å². The third-order valence-corrected chi connectivity index (χ3v) is 11.5. The van der Waals surface area contributed by atoms with E-state index in [1.807, 2.05) is 6.07 Å². The quantitative estimate of drug-likeness (QED) is 0.234. The molecule has 1 amide bonds. The fourth-order valence-electron chi connectivity index (χ4n) is 7.82. The minimum absolute atomic E-state index is 0.00162. The number of carbonyl (C=O) groups excluding carboxylic acids is 1. The molecule has 224 valence electrons. The molecule has 2 N–H and O–H groups in total. The summed E-state index contributed by atoms with van der Waals surface area (Å²) in [7, 11) is -2.85. The highest BCUT2D eigenvalue weighted by atomic mass is 32.2. The van der Waals surface area contributed by atoms with Gasteiger partial charge in [-0.2, -0.15) is 4.31 Å². The van der Waals surface area contributed by atoms with Gasteiger partial charge < -0.3 is 24.3 Å². The van der Waals surface area contributed by atoms with Crippen LogP contribution in [0.25, 0.3) is 6.08 Å². The first kappa shape index (κ1) is 27.6. The van der Waals surface area contributed by atoms with E-state index in [9.17, 15) is 28.4 Å². The topological polar surface area (TPSA) is 161 Å². The number of ether oxygens (including phenoxy) is 2. The van der Waals surface area contributed by atoms with E-state index in [0.717, 1.165) is 22.8 Å². The first-order valence-electron chi connectivity index (χ1n) is 14.0. The molecule has 1 saturated heterocycles. The Bertz CT molecular complexity index is 1770. The molecule has 13 heteroatoms. The van der Waals surface area contributed by atoms with Gasteiger partial charge in [-0.25, -0.2) is 8.42 Å². The van der Waals surface area contributed by atoms with Crippen LogP contribution < -0.4 is 14.8 Å². The van der Waals surface area contributed by atoms with Gasteiger partial charge in [0.15, 0.2) is 16.4 Å². The number of carbonyl (C=O) groups is 1. The fraction of sp³-hybridized carbons (Fsp3) is 0.367. The molecule has 43 heavy (non-hydrogen) atoms. The smallest absolute Gasteiger partial charge is 0.289 e. The van der Waals surface area contributed by atoms with Crippen molar-refractivity contribution in [2.24, 2.45) is 0 Å². The number of rotatable bonds is 7. The van der Waals surface area contributed by atoms with Gasteiger partial charge in [0.1, 0.15) is 6.10 Å². The van der Waals surface area contributed by atoms with Gasteiger partial charge in [0, 0.05) is 29.8 Å². The number of nitrogens with zero attached hydrogens (tertiary/aromatic N) is 2. The summed E-state index contributed by atoms with van der Waals surface area (Å²) in [6.07, 6.45) is 6.20. The molecule has 0 unspecified atom stereocenters. The van der Waals surface area contributed by atoms with Crippen molar-refractivity contribution in [1.82, 2.24) is 9.62 Å². The molecule has 2 aliphatic carbocycles. The zero-order chi connectivity index (χ0) is 30.1. The number of hydrogen-bond donors (Lipinski definition) is 2. The Morgan fingerprint density at radius 2 is 2.05 bits per heavy atom. The van der Waals surface area contributed by atoms with Crippen molar-refractivity contribution in [2.45, 2.75) is 59.8 Å². The first-order chi connectivity index (χ1) is 20.6. The minimum atomic E-state index is -4.38. The van der Waals surface area contributed by atoms with E-state index in [-0.39, 0.29) is 31.7 Å². The van der Waals surface area contributed by atoms with E-state index in [1.54, 1.807) is 18.2 Å². The van der Waals surface area contributed by atoms with Crippen LogP contribution in [0.3, 0.4) is 0 Å². The Kier molecular flexibility index (Phi) is 6.20. The highest BCUT2D eigenvalue weighted by molar-refractivity contribution is 7.89. The summed E-state index contributed by atoms with van der Waals surface area (Å²) >= 11 is 0. The zero-order valence-electron chi connectivity index (χ0n) is 23.1. The molecule has 3 aromatic rings. The van der Waals surface area contributed by atoms with Crippen LogP contribution in [0.1, 0.15) is 36.0 Å². The number of nitrogens with one attached hydrogen (secondary N) is 1. The lowest BCUT2D eigenvalue weighted by atomic mass is 9.48. The number of benzene rings is 2. The molecule has 1 spiro atoms. The van der Waals surface area contributed by atoms with E-state index in [0.29, 0.717) is 17.9 Å². The number of para-hydroxylation sites is 1. The van der Waals surface area contributed by atoms with Crippen molar-refractivity contribution >= 4 is 27.7 Å². The van der Waals surface area contributed by atoms with Crippen molar-refractivity contribution in [1.29, 1.82) is 0 Å². The lowest BCUT2D eigenvalue weighted by Crippen LogP contribution is -2.78. The Morgan fingerprint density at radius 3 is 2.79 bits per heavy atom. The molecular weight excluding hydrogens is 578 g/mol. The average molecular weight is 608 g/mol. The van der Waals surface area contributed by atoms with Crippen molar-refractivity contribution in [3.63, 3.8) is 0 Å². The maximum atomic E-state index is 14.1. The van der Waals surface area contributed by atoms with Crippen molar-refractivity contribution in [2.75, 3.05) is 13.7 Å². The van der Waals surface area contributed by atoms with Gasteiger partial charge in [-0.3, -0.25) is 14.9 Å². The van der Waals surface area contributed by atoms with E-state index in [2.05, 4.69) is 5.32 Å². The Morgan fingerprint density at radius 1 is 1.23 bits per heavy atom. The van der Waals surface area contributed by atoms with Crippen molar-refractivity contribution in [3.05, 3.63) is 87.9 Å². The van der Waals surface area contributed by atoms with E-state index in [4.69, 9.17) is 13.9 Å². The molecule has 1 saturated carbocycles. The predicted molar refractivity (Wildman–Crippen MR) is 152 cm³/mol. The highest BCUT2D eigenvalue weighted by Crippen LogP contribution is 2.66.